The summed E-state index contributed by atoms with van der Waals surface area (Å²) in [6.07, 6.45) is 2.08. The number of carbonyl (C=O) groups excluding carboxylic acids is 1. The quantitative estimate of drug-likeness (QED) is 0.427. The first-order valence-electron chi connectivity index (χ1n) is 3.78. The Balaban J connectivity index is 0.000000371. The van der Waals surface area contributed by atoms with Gasteiger partial charge in [0.25, 0.3) is 0 Å². The monoisotopic (exact) mass is 161 g/mol. The van der Waals surface area contributed by atoms with Gasteiger partial charge in [-0.05, 0) is 6.42 Å². The number of aldehydes is 1. The fourth-order valence-electron chi connectivity index (χ4n) is 0.927. The van der Waals surface area contributed by atoms with Crippen molar-refractivity contribution in [3.63, 3.8) is 0 Å². The molecule has 1 heterocycles. The minimum absolute atomic E-state index is 0.299. The molecule has 1 aliphatic rings. The highest BCUT2D eigenvalue weighted by atomic mass is 31.0. The highest BCUT2D eigenvalue weighted by Crippen LogP contribution is 2.16. The van der Waals surface area contributed by atoms with E-state index in [-0.39, 0.29) is 0 Å². The second-order valence-electron chi connectivity index (χ2n) is 2.18. The number of nitrogens with zero attached hydrogens (tertiary/aromatic N) is 1. The first-order valence-corrected chi connectivity index (χ1v) is 4.29. The standard InChI is InChI=1S/C5H10NOP.C2H6/c7-4-5-1-2-6(8)3-5;1-2/h4-5H,1-3,8H2;1-2H3. The highest BCUT2D eigenvalue weighted by molar-refractivity contribution is 7.13. The molecule has 0 radical (unpaired) electrons. The third-order valence-corrected chi connectivity index (χ3v) is 1.92. The van der Waals surface area contributed by atoms with Crippen LogP contribution in [0.5, 0.6) is 0 Å². The maximum absolute atomic E-state index is 10.1. The smallest absolute Gasteiger partial charge is 0.124 e. The summed E-state index contributed by atoms with van der Waals surface area (Å²) in [4.78, 5) is 10.1. The summed E-state index contributed by atoms with van der Waals surface area (Å²) in [7, 11) is 2.60. The summed E-state index contributed by atoms with van der Waals surface area (Å²) in [5.41, 5.74) is 0. The predicted octanol–water partition coefficient (Wildman–Crippen LogP) is 1.32. The van der Waals surface area contributed by atoms with Gasteiger partial charge < -0.3 is 4.79 Å². The molecule has 0 aromatic heterocycles. The molecule has 10 heavy (non-hydrogen) atoms. The molecule has 0 saturated carbocycles. The van der Waals surface area contributed by atoms with Crippen molar-refractivity contribution in [1.82, 2.24) is 4.67 Å². The molecular formula is C7H16NOP. The Morgan fingerprint density at radius 3 is 2.40 bits per heavy atom. The molecule has 1 rings (SSSR count). The molecule has 0 spiro atoms. The van der Waals surface area contributed by atoms with Gasteiger partial charge in [0.05, 0.1) is 0 Å². The zero-order chi connectivity index (χ0) is 7.98. The number of hydrogen-bond donors (Lipinski definition) is 0. The van der Waals surface area contributed by atoms with Gasteiger partial charge in [-0.2, -0.15) is 0 Å². The van der Waals surface area contributed by atoms with Crippen molar-refractivity contribution in [1.29, 1.82) is 0 Å². The van der Waals surface area contributed by atoms with E-state index in [1.807, 2.05) is 13.8 Å². The highest BCUT2D eigenvalue weighted by Gasteiger charge is 2.17. The summed E-state index contributed by atoms with van der Waals surface area (Å²) in [6.45, 7) is 5.97. The lowest BCUT2D eigenvalue weighted by Crippen LogP contribution is -2.07. The first-order chi connectivity index (χ1) is 4.83. The van der Waals surface area contributed by atoms with Gasteiger partial charge in [0, 0.05) is 19.0 Å². The normalized spacial score (nSPS) is 25.3. The fraction of sp³-hybridized carbons (Fsp3) is 0.857. The van der Waals surface area contributed by atoms with Crippen molar-refractivity contribution < 1.29 is 4.79 Å². The van der Waals surface area contributed by atoms with Crippen LogP contribution in [0.15, 0.2) is 0 Å². The molecule has 0 aromatic rings. The third-order valence-electron chi connectivity index (χ3n) is 1.45. The van der Waals surface area contributed by atoms with Crippen LogP contribution >= 0.6 is 9.39 Å². The fourth-order valence-corrected chi connectivity index (χ4v) is 1.35. The van der Waals surface area contributed by atoms with E-state index >= 15 is 0 Å². The largest absolute Gasteiger partial charge is 0.303 e. The predicted molar refractivity (Wildman–Crippen MR) is 46.8 cm³/mol. The van der Waals surface area contributed by atoms with Crippen LogP contribution in [0.3, 0.4) is 0 Å². The van der Waals surface area contributed by atoms with Crippen LogP contribution in [0.1, 0.15) is 20.3 Å². The van der Waals surface area contributed by atoms with Gasteiger partial charge in [0.15, 0.2) is 0 Å². The summed E-state index contributed by atoms with van der Waals surface area (Å²) in [5, 5.41) is 0. The van der Waals surface area contributed by atoms with Crippen molar-refractivity contribution in [3.05, 3.63) is 0 Å². The Kier molecular flexibility index (Phi) is 5.85. The molecule has 0 aromatic carbocycles. The molecular weight excluding hydrogens is 145 g/mol. The number of rotatable bonds is 1. The van der Waals surface area contributed by atoms with Crippen LogP contribution in [0.25, 0.3) is 0 Å². The second-order valence-corrected chi connectivity index (χ2v) is 2.91. The van der Waals surface area contributed by atoms with E-state index in [9.17, 15) is 4.79 Å². The van der Waals surface area contributed by atoms with Crippen molar-refractivity contribution >= 4 is 15.7 Å². The van der Waals surface area contributed by atoms with Crippen LogP contribution in [0.4, 0.5) is 0 Å². The molecule has 2 atom stereocenters. The molecule has 60 valence electrons. The van der Waals surface area contributed by atoms with E-state index in [0.29, 0.717) is 5.92 Å². The molecule has 1 saturated heterocycles. The van der Waals surface area contributed by atoms with Crippen molar-refractivity contribution in [2.75, 3.05) is 13.1 Å². The minimum atomic E-state index is 0.299. The Labute approximate surface area is 65.2 Å². The Bertz CT molecular complexity index is 97.6. The van der Waals surface area contributed by atoms with Crippen LogP contribution in [-0.2, 0) is 4.79 Å². The molecule has 2 unspecified atom stereocenters. The summed E-state index contributed by atoms with van der Waals surface area (Å²) in [6, 6.07) is 0. The van der Waals surface area contributed by atoms with Crippen LogP contribution in [-0.4, -0.2) is 24.0 Å². The van der Waals surface area contributed by atoms with E-state index in [1.165, 1.54) is 0 Å². The zero-order valence-electron chi connectivity index (χ0n) is 6.71. The van der Waals surface area contributed by atoms with E-state index in [4.69, 9.17) is 0 Å². The minimum Gasteiger partial charge on any atom is -0.303 e. The Hall–Kier alpha value is 0.0600. The van der Waals surface area contributed by atoms with Gasteiger partial charge >= 0.3 is 0 Å². The molecule has 1 fully saturated rings. The summed E-state index contributed by atoms with van der Waals surface area (Å²) in [5.74, 6) is 0.299. The number of hydrogen-bond acceptors (Lipinski definition) is 2. The lowest BCUT2D eigenvalue weighted by molar-refractivity contribution is -0.110. The molecule has 0 N–H and O–H groups in total. The summed E-state index contributed by atoms with van der Waals surface area (Å²) >= 11 is 0. The van der Waals surface area contributed by atoms with Gasteiger partial charge in [-0.25, -0.2) is 0 Å². The SMILES string of the molecule is CC.O=CC1CCN(P)C1. The van der Waals surface area contributed by atoms with Crippen LogP contribution < -0.4 is 0 Å². The van der Waals surface area contributed by atoms with Gasteiger partial charge in [-0.1, -0.05) is 23.2 Å². The lowest BCUT2D eigenvalue weighted by Gasteiger charge is -2.02. The van der Waals surface area contributed by atoms with E-state index in [1.54, 1.807) is 0 Å². The first kappa shape index (κ1) is 10.1. The topological polar surface area (TPSA) is 20.3 Å². The molecule has 2 nitrogen and oxygen atoms in total. The molecule has 3 heteroatoms. The molecule has 0 amide bonds. The van der Waals surface area contributed by atoms with E-state index in [2.05, 4.69) is 14.1 Å². The molecule has 1 aliphatic heterocycles. The average molecular weight is 161 g/mol. The third kappa shape index (κ3) is 3.28. The van der Waals surface area contributed by atoms with E-state index in [0.717, 1.165) is 25.8 Å². The van der Waals surface area contributed by atoms with Crippen molar-refractivity contribution in [3.8, 4) is 0 Å². The Morgan fingerprint density at radius 2 is 2.20 bits per heavy atom. The maximum Gasteiger partial charge on any atom is 0.124 e. The van der Waals surface area contributed by atoms with Gasteiger partial charge in [-0.15, -0.1) is 0 Å². The van der Waals surface area contributed by atoms with Crippen LogP contribution in [0, 0.1) is 5.92 Å². The lowest BCUT2D eigenvalue weighted by atomic mass is 10.2. The summed E-state index contributed by atoms with van der Waals surface area (Å²) < 4.78 is 2.10. The van der Waals surface area contributed by atoms with Gasteiger partial charge in [-0.3, -0.25) is 4.67 Å². The number of carbonyl (C=O) groups is 1. The maximum atomic E-state index is 10.1. The molecule has 0 bridgehead atoms. The van der Waals surface area contributed by atoms with Crippen LogP contribution in [0.2, 0.25) is 0 Å². The van der Waals surface area contributed by atoms with Crippen molar-refractivity contribution in [2.45, 2.75) is 20.3 Å². The average Bonchev–Trinajstić information content (AvgIpc) is 2.40. The van der Waals surface area contributed by atoms with Gasteiger partial charge in [0.1, 0.15) is 6.29 Å². The van der Waals surface area contributed by atoms with Gasteiger partial charge in [0.2, 0.25) is 0 Å². The zero-order valence-corrected chi connectivity index (χ0v) is 7.86. The second kappa shape index (κ2) is 5.82. The Morgan fingerprint density at radius 1 is 1.60 bits per heavy atom. The molecule has 0 aliphatic carbocycles. The van der Waals surface area contributed by atoms with Crippen molar-refractivity contribution in [2.24, 2.45) is 5.92 Å². The van der Waals surface area contributed by atoms with E-state index < -0.39 is 0 Å².